The van der Waals surface area contributed by atoms with Crippen molar-refractivity contribution >= 4 is 18.0 Å². The fourth-order valence-electron chi connectivity index (χ4n) is 1.49. The van der Waals surface area contributed by atoms with Crippen LogP contribution in [0, 0.1) is 11.8 Å². The molecule has 0 bridgehead atoms. The highest BCUT2D eigenvalue weighted by Crippen LogP contribution is 2.34. The van der Waals surface area contributed by atoms with Gasteiger partial charge in [-0.25, -0.2) is 9.59 Å². The number of nitrogens with one attached hydrogen (secondary N) is 1. The zero-order valence-corrected chi connectivity index (χ0v) is 10.6. The van der Waals surface area contributed by atoms with Crippen molar-refractivity contribution in [3.05, 3.63) is 0 Å². The molecular formula is C11H17NO6. The molecule has 18 heavy (non-hydrogen) atoms. The molecular weight excluding hydrogens is 242 g/mol. The summed E-state index contributed by atoms with van der Waals surface area (Å²) in [6, 6.07) is 0. The van der Waals surface area contributed by atoms with Gasteiger partial charge in [-0.15, -0.1) is 5.48 Å². The van der Waals surface area contributed by atoms with Gasteiger partial charge in [-0.2, -0.15) is 0 Å². The summed E-state index contributed by atoms with van der Waals surface area (Å²) >= 11 is 0. The zero-order valence-electron chi connectivity index (χ0n) is 10.6. The molecule has 0 aromatic carbocycles. The Balaban J connectivity index is 2.23. The molecule has 0 aromatic rings. The van der Waals surface area contributed by atoms with Gasteiger partial charge in [0.15, 0.2) is 0 Å². The quantitative estimate of drug-likeness (QED) is 0.719. The predicted molar refractivity (Wildman–Crippen MR) is 59.3 cm³/mol. The van der Waals surface area contributed by atoms with Crippen molar-refractivity contribution in [3.8, 4) is 0 Å². The number of carbonyl (C=O) groups excluding carboxylic acids is 2. The van der Waals surface area contributed by atoms with E-state index in [0.717, 1.165) is 0 Å². The molecule has 1 saturated carbocycles. The number of hydrogen-bond acceptors (Lipinski definition) is 5. The molecule has 1 fully saturated rings. The Bertz CT molecular complexity index is 353. The Morgan fingerprint density at radius 2 is 1.72 bits per heavy atom. The van der Waals surface area contributed by atoms with Crippen LogP contribution in [0.5, 0.6) is 0 Å². The van der Waals surface area contributed by atoms with E-state index in [1.165, 1.54) is 0 Å². The van der Waals surface area contributed by atoms with Crippen molar-refractivity contribution in [3.63, 3.8) is 0 Å². The van der Waals surface area contributed by atoms with E-state index in [0.29, 0.717) is 0 Å². The van der Waals surface area contributed by atoms with Gasteiger partial charge < -0.3 is 14.7 Å². The first-order valence-corrected chi connectivity index (χ1v) is 5.61. The van der Waals surface area contributed by atoms with Gasteiger partial charge in [-0.1, -0.05) is 0 Å². The number of hydrogen-bond donors (Lipinski definition) is 2. The largest absolute Gasteiger partial charge is 0.481 e. The normalized spacial score (nSPS) is 22.6. The topological polar surface area (TPSA) is 102 Å². The number of hydroxylamine groups is 1. The average Bonchev–Trinajstić information content (AvgIpc) is 2.08. The molecule has 1 amide bonds. The molecule has 0 aliphatic heterocycles. The van der Waals surface area contributed by atoms with Crippen LogP contribution < -0.4 is 5.48 Å². The highest BCUT2D eigenvalue weighted by molar-refractivity contribution is 5.80. The molecule has 2 N–H and O–H groups in total. The van der Waals surface area contributed by atoms with Crippen LogP contribution in [-0.4, -0.2) is 28.7 Å². The van der Waals surface area contributed by atoms with E-state index in [1.54, 1.807) is 20.8 Å². The van der Waals surface area contributed by atoms with Gasteiger partial charge in [-0.3, -0.25) is 4.79 Å². The first-order chi connectivity index (χ1) is 8.19. The van der Waals surface area contributed by atoms with E-state index in [4.69, 9.17) is 9.84 Å². The summed E-state index contributed by atoms with van der Waals surface area (Å²) in [5.74, 6) is -2.53. The molecule has 102 valence electrons. The van der Waals surface area contributed by atoms with Gasteiger partial charge in [0.1, 0.15) is 5.60 Å². The molecule has 0 atom stereocenters. The van der Waals surface area contributed by atoms with Crippen LogP contribution >= 0.6 is 0 Å². The number of rotatable bonds is 2. The lowest BCUT2D eigenvalue weighted by Crippen LogP contribution is -2.40. The molecule has 7 nitrogen and oxygen atoms in total. The van der Waals surface area contributed by atoms with Crippen molar-refractivity contribution in [2.75, 3.05) is 0 Å². The van der Waals surface area contributed by atoms with Gasteiger partial charge in [0.05, 0.1) is 11.8 Å². The Hall–Kier alpha value is -1.79. The fraction of sp³-hybridized carbons (Fsp3) is 0.727. The summed E-state index contributed by atoms with van der Waals surface area (Å²) in [4.78, 5) is 37.6. The Morgan fingerprint density at radius 3 is 2.17 bits per heavy atom. The summed E-state index contributed by atoms with van der Waals surface area (Å²) in [6.07, 6.45) is -0.376. The van der Waals surface area contributed by atoms with Crippen LogP contribution in [0.25, 0.3) is 0 Å². The maximum absolute atomic E-state index is 11.4. The molecule has 7 heteroatoms. The lowest BCUT2D eigenvalue weighted by Gasteiger charge is -2.29. The Kier molecular flexibility index (Phi) is 4.15. The van der Waals surface area contributed by atoms with Crippen molar-refractivity contribution < 1.29 is 29.1 Å². The van der Waals surface area contributed by atoms with Crippen molar-refractivity contribution in [2.45, 2.75) is 39.2 Å². The molecule has 0 saturated heterocycles. The second kappa shape index (κ2) is 5.24. The molecule has 0 unspecified atom stereocenters. The average molecular weight is 259 g/mol. The maximum Gasteiger partial charge on any atom is 0.441 e. The third kappa shape index (κ3) is 4.23. The van der Waals surface area contributed by atoms with Crippen molar-refractivity contribution in [1.29, 1.82) is 0 Å². The third-order valence-electron chi connectivity index (χ3n) is 2.45. The fourth-order valence-corrected chi connectivity index (χ4v) is 1.49. The predicted octanol–water partition coefficient (Wildman–Crippen LogP) is 1.08. The lowest BCUT2D eigenvalue weighted by atomic mass is 9.75. The van der Waals surface area contributed by atoms with E-state index in [1.807, 2.05) is 5.48 Å². The molecule has 1 aliphatic rings. The summed E-state index contributed by atoms with van der Waals surface area (Å²) < 4.78 is 4.86. The maximum atomic E-state index is 11.4. The second-order valence-corrected chi connectivity index (χ2v) is 5.23. The molecule has 1 aliphatic carbocycles. The SMILES string of the molecule is CC(C)(C)OC(=O)NOC(=O)C1CC(C(=O)O)C1. The van der Waals surface area contributed by atoms with Gasteiger partial charge >= 0.3 is 18.0 Å². The van der Waals surface area contributed by atoms with Gasteiger partial charge in [0.25, 0.3) is 0 Å². The van der Waals surface area contributed by atoms with E-state index in [9.17, 15) is 14.4 Å². The second-order valence-electron chi connectivity index (χ2n) is 5.23. The Morgan fingerprint density at radius 1 is 1.17 bits per heavy atom. The summed E-state index contributed by atoms with van der Waals surface area (Å²) in [6.45, 7) is 5.04. The van der Waals surface area contributed by atoms with Crippen molar-refractivity contribution in [1.82, 2.24) is 5.48 Å². The van der Waals surface area contributed by atoms with Gasteiger partial charge in [-0.05, 0) is 33.6 Å². The van der Waals surface area contributed by atoms with Gasteiger partial charge in [0, 0.05) is 0 Å². The number of aliphatic carboxylic acids is 1. The standard InChI is InChI=1S/C11H17NO6/c1-11(2,3)17-10(16)12-18-9(15)7-4-6(5-7)8(13)14/h6-7H,4-5H2,1-3H3,(H,12,16)(H,13,14). The first-order valence-electron chi connectivity index (χ1n) is 5.61. The number of carbonyl (C=O) groups is 3. The number of carboxylic acid groups (broad SMARTS) is 1. The minimum Gasteiger partial charge on any atom is -0.481 e. The highest BCUT2D eigenvalue weighted by atomic mass is 16.7. The first kappa shape index (κ1) is 14.3. The molecule has 0 spiro atoms. The highest BCUT2D eigenvalue weighted by Gasteiger charge is 2.40. The van der Waals surface area contributed by atoms with Gasteiger partial charge in [0.2, 0.25) is 0 Å². The number of ether oxygens (including phenoxy) is 1. The zero-order chi connectivity index (χ0) is 13.9. The summed E-state index contributed by atoms with van der Waals surface area (Å²) in [7, 11) is 0. The van der Waals surface area contributed by atoms with Crippen LogP contribution in [0.4, 0.5) is 4.79 Å². The van der Waals surface area contributed by atoms with E-state index >= 15 is 0 Å². The Labute approximate surface area is 104 Å². The van der Waals surface area contributed by atoms with Crippen molar-refractivity contribution in [2.24, 2.45) is 11.8 Å². The van der Waals surface area contributed by atoms with Crippen LogP contribution in [0.3, 0.4) is 0 Å². The number of amides is 1. The minimum atomic E-state index is -0.917. The van der Waals surface area contributed by atoms with E-state index in [-0.39, 0.29) is 12.8 Å². The minimum absolute atomic E-state index is 0.240. The summed E-state index contributed by atoms with van der Waals surface area (Å²) in [5, 5.41) is 8.64. The van der Waals surface area contributed by atoms with Crippen LogP contribution in [-0.2, 0) is 19.2 Å². The van der Waals surface area contributed by atoms with E-state index < -0.39 is 35.5 Å². The van der Waals surface area contributed by atoms with E-state index in [2.05, 4.69) is 4.84 Å². The molecule has 0 aromatic heterocycles. The molecule has 1 rings (SSSR count). The lowest BCUT2D eigenvalue weighted by molar-refractivity contribution is -0.164. The number of carboxylic acids is 1. The summed E-state index contributed by atoms with van der Waals surface area (Å²) in [5.41, 5.74) is 1.19. The van der Waals surface area contributed by atoms with Crippen LogP contribution in [0.1, 0.15) is 33.6 Å². The van der Waals surface area contributed by atoms with Crippen LogP contribution in [0.2, 0.25) is 0 Å². The van der Waals surface area contributed by atoms with Crippen LogP contribution in [0.15, 0.2) is 0 Å². The third-order valence-corrected chi connectivity index (χ3v) is 2.45. The molecule has 0 radical (unpaired) electrons. The molecule has 0 heterocycles. The monoisotopic (exact) mass is 259 g/mol. The smallest absolute Gasteiger partial charge is 0.441 e.